The Morgan fingerprint density at radius 1 is 0.971 bits per heavy atom. The summed E-state index contributed by atoms with van der Waals surface area (Å²) >= 11 is 0.977. The maximum atomic E-state index is 13.9. The smallest absolute Gasteiger partial charge is 0.272 e. The fourth-order valence-corrected chi connectivity index (χ4v) is 5.20. The molecule has 2 heterocycles. The van der Waals surface area contributed by atoms with E-state index in [1.807, 2.05) is 0 Å². The fourth-order valence-electron chi connectivity index (χ4n) is 3.59. The van der Waals surface area contributed by atoms with Crippen molar-refractivity contribution in [1.29, 1.82) is 0 Å². The van der Waals surface area contributed by atoms with Gasteiger partial charge in [0.25, 0.3) is 11.8 Å². The second-order valence-electron chi connectivity index (χ2n) is 7.36. The van der Waals surface area contributed by atoms with Crippen molar-refractivity contribution in [3.8, 4) is 0 Å². The van der Waals surface area contributed by atoms with Crippen LogP contribution in [0, 0.1) is 5.82 Å². The molecule has 11 heteroatoms. The number of benzene rings is 3. The molecule has 5 rings (SSSR count). The number of nitrogens with two attached hydrogens (primary N) is 1. The predicted octanol–water partition coefficient (Wildman–Crippen LogP) is 3.60. The molecule has 2 aliphatic heterocycles. The van der Waals surface area contributed by atoms with Crippen molar-refractivity contribution in [3.05, 3.63) is 89.1 Å². The van der Waals surface area contributed by atoms with E-state index in [0.29, 0.717) is 22.6 Å². The van der Waals surface area contributed by atoms with Crippen LogP contribution in [0.5, 0.6) is 0 Å². The average Bonchev–Trinajstić information content (AvgIpc) is 3.28. The van der Waals surface area contributed by atoms with E-state index in [-0.39, 0.29) is 20.5 Å². The van der Waals surface area contributed by atoms with Gasteiger partial charge in [-0.3, -0.25) is 14.5 Å². The number of hydrogen-bond donors (Lipinski definition) is 2. The fraction of sp³-hybridized carbons (Fsp3) is 0. The highest BCUT2D eigenvalue weighted by Gasteiger charge is 2.41. The van der Waals surface area contributed by atoms with Gasteiger partial charge in [-0.05, 0) is 66.4 Å². The molecule has 1 fully saturated rings. The summed E-state index contributed by atoms with van der Waals surface area (Å²) in [5.41, 5.74) is 1.68. The molecule has 0 aliphatic carbocycles. The van der Waals surface area contributed by atoms with E-state index in [1.165, 1.54) is 47.4 Å². The lowest BCUT2D eigenvalue weighted by atomic mass is 10.1. The van der Waals surface area contributed by atoms with Crippen LogP contribution in [0.2, 0.25) is 0 Å². The number of thioether (sulfide) groups is 1. The van der Waals surface area contributed by atoms with Crippen molar-refractivity contribution in [1.82, 2.24) is 0 Å². The highest BCUT2D eigenvalue weighted by atomic mass is 32.2. The lowest BCUT2D eigenvalue weighted by molar-refractivity contribution is -0.114. The summed E-state index contributed by atoms with van der Waals surface area (Å²) in [5, 5.41) is 8.05. The quantitative estimate of drug-likeness (QED) is 0.539. The van der Waals surface area contributed by atoms with Gasteiger partial charge < -0.3 is 5.32 Å². The summed E-state index contributed by atoms with van der Waals surface area (Å²) in [7, 11) is -3.87. The first-order valence-corrected chi connectivity index (χ1v) is 12.2. The van der Waals surface area contributed by atoms with Crippen LogP contribution in [0.3, 0.4) is 0 Å². The van der Waals surface area contributed by atoms with E-state index in [9.17, 15) is 22.4 Å². The van der Waals surface area contributed by atoms with Gasteiger partial charge in [0.2, 0.25) is 10.0 Å². The number of aliphatic imine (C=N–C) groups is 1. The molecule has 0 unspecified atom stereocenters. The van der Waals surface area contributed by atoms with E-state index in [2.05, 4.69) is 10.3 Å². The van der Waals surface area contributed by atoms with Crippen molar-refractivity contribution in [3.63, 3.8) is 0 Å². The summed E-state index contributed by atoms with van der Waals surface area (Å²) in [6, 6.07) is 18.1. The van der Waals surface area contributed by atoms with Crippen molar-refractivity contribution < 1.29 is 22.4 Å². The van der Waals surface area contributed by atoms with Gasteiger partial charge in [-0.15, -0.1) is 0 Å². The van der Waals surface area contributed by atoms with Crippen LogP contribution in [0.1, 0.15) is 5.56 Å². The van der Waals surface area contributed by atoms with Crippen molar-refractivity contribution in [2.45, 2.75) is 4.90 Å². The Morgan fingerprint density at radius 3 is 2.35 bits per heavy atom. The van der Waals surface area contributed by atoms with Gasteiger partial charge in [0.1, 0.15) is 5.82 Å². The molecule has 1 saturated heterocycles. The van der Waals surface area contributed by atoms with Gasteiger partial charge in [0, 0.05) is 11.3 Å². The number of fused-ring (bicyclic) bond motifs is 1. The molecule has 34 heavy (non-hydrogen) atoms. The van der Waals surface area contributed by atoms with Crippen LogP contribution in [0.15, 0.2) is 87.6 Å². The van der Waals surface area contributed by atoms with Crippen LogP contribution < -0.4 is 15.4 Å². The zero-order chi connectivity index (χ0) is 24.0. The number of para-hydroxylation sites is 1. The molecule has 0 bridgehead atoms. The number of anilines is 2. The molecule has 170 valence electrons. The minimum Gasteiger partial charge on any atom is -0.321 e. The van der Waals surface area contributed by atoms with Crippen molar-refractivity contribution >= 4 is 61.4 Å². The standard InChI is InChI=1S/C23H15FN4O4S2/c24-13-6-11-18-17(12-13)19(21(29)27-18)20-22(30)28(15-4-2-1-3-5-15)23(33-20)26-14-7-9-16(10-8-14)34(25,31)32/h1-12H,(H,27,29)(H2,25,31,32)/b20-19-,26-23-. The summed E-state index contributed by atoms with van der Waals surface area (Å²) in [4.78, 5) is 32.1. The number of amidine groups is 1. The minimum atomic E-state index is -3.87. The highest BCUT2D eigenvalue weighted by molar-refractivity contribution is 8.19. The molecular formula is C23H15FN4O4S2. The third-order valence-electron chi connectivity index (χ3n) is 5.14. The monoisotopic (exact) mass is 494 g/mol. The second kappa shape index (κ2) is 8.20. The van der Waals surface area contributed by atoms with Crippen molar-refractivity contribution in [2.24, 2.45) is 10.1 Å². The van der Waals surface area contributed by atoms with Gasteiger partial charge in [0.05, 0.1) is 26.7 Å². The number of primary sulfonamides is 1. The lowest BCUT2D eigenvalue weighted by Crippen LogP contribution is -2.29. The number of carbonyl (C=O) groups is 2. The van der Waals surface area contributed by atoms with Crippen LogP contribution in [0.4, 0.5) is 21.5 Å². The van der Waals surface area contributed by atoms with Crippen LogP contribution >= 0.6 is 11.8 Å². The molecule has 0 saturated carbocycles. The summed E-state index contributed by atoms with van der Waals surface area (Å²) in [5.74, 6) is -1.53. The number of nitrogens with zero attached hydrogens (tertiary/aromatic N) is 2. The van der Waals surface area contributed by atoms with E-state index in [1.54, 1.807) is 30.3 Å². The molecule has 3 N–H and O–H groups in total. The Kier molecular flexibility index (Phi) is 5.31. The van der Waals surface area contributed by atoms with Crippen LogP contribution in [-0.4, -0.2) is 25.4 Å². The normalized spacial score (nSPS) is 19.0. The number of rotatable bonds is 3. The van der Waals surface area contributed by atoms with Gasteiger partial charge in [-0.1, -0.05) is 18.2 Å². The molecule has 0 aromatic heterocycles. The Morgan fingerprint density at radius 2 is 1.68 bits per heavy atom. The topological polar surface area (TPSA) is 122 Å². The zero-order valence-electron chi connectivity index (χ0n) is 17.2. The number of amides is 2. The summed E-state index contributed by atoms with van der Waals surface area (Å²) < 4.78 is 37.0. The van der Waals surface area contributed by atoms with Crippen molar-refractivity contribution in [2.75, 3.05) is 10.2 Å². The highest BCUT2D eigenvalue weighted by Crippen LogP contribution is 2.44. The molecule has 0 atom stereocenters. The molecule has 2 amide bonds. The Labute approximate surface area is 198 Å². The largest absolute Gasteiger partial charge is 0.321 e. The molecule has 3 aromatic rings. The van der Waals surface area contributed by atoms with E-state index < -0.39 is 27.7 Å². The first kappa shape index (κ1) is 22.0. The summed E-state index contributed by atoms with van der Waals surface area (Å²) in [6.07, 6.45) is 0. The van der Waals surface area contributed by atoms with Gasteiger partial charge in [0.15, 0.2) is 5.17 Å². The molecule has 8 nitrogen and oxygen atoms in total. The maximum Gasteiger partial charge on any atom is 0.272 e. The maximum absolute atomic E-state index is 13.9. The van der Waals surface area contributed by atoms with Gasteiger partial charge >= 0.3 is 0 Å². The zero-order valence-corrected chi connectivity index (χ0v) is 18.9. The number of hydrogen-bond acceptors (Lipinski definition) is 6. The predicted molar refractivity (Wildman–Crippen MR) is 128 cm³/mol. The van der Waals surface area contributed by atoms with Gasteiger partial charge in [-0.25, -0.2) is 22.9 Å². The Balaban J connectivity index is 1.64. The molecule has 3 aromatic carbocycles. The third kappa shape index (κ3) is 3.89. The minimum absolute atomic E-state index is 0.0696. The average molecular weight is 495 g/mol. The molecular weight excluding hydrogens is 479 g/mol. The SMILES string of the molecule is NS(=O)(=O)c1ccc(/N=C2\S/C(=C3\C(=O)Nc4ccc(F)cc43)C(=O)N2c2ccccc2)cc1. The Bertz CT molecular complexity index is 1520. The Hall–Kier alpha value is -3.80. The first-order valence-electron chi connectivity index (χ1n) is 9.87. The third-order valence-corrected chi connectivity index (χ3v) is 7.11. The second-order valence-corrected chi connectivity index (χ2v) is 9.90. The number of nitrogens with one attached hydrogen (secondary N) is 1. The molecule has 2 aliphatic rings. The van der Waals surface area contributed by atoms with E-state index in [4.69, 9.17) is 5.14 Å². The van der Waals surface area contributed by atoms with E-state index in [0.717, 1.165) is 11.8 Å². The van der Waals surface area contributed by atoms with Crippen LogP contribution in [-0.2, 0) is 19.6 Å². The van der Waals surface area contributed by atoms with Gasteiger partial charge in [-0.2, -0.15) is 0 Å². The summed E-state index contributed by atoms with van der Waals surface area (Å²) in [6.45, 7) is 0. The first-order chi connectivity index (χ1) is 16.2. The van der Waals surface area contributed by atoms with Crippen LogP contribution in [0.25, 0.3) is 5.57 Å². The number of halogens is 1. The number of sulfonamides is 1. The number of carbonyl (C=O) groups excluding carboxylic acids is 2. The molecule has 0 radical (unpaired) electrons. The molecule has 0 spiro atoms. The van der Waals surface area contributed by atoms with E-state index >= 15 is 0 Å². The lowest BCUT2D eigenvalue weighted by Gasteiger charge is -2.15.